The van der Waals surface area contributed by atoms with E-state index >= 15 is 0 Å². The van der Waals surface area contributed by atoms with Gasteiger partial charge in [-0.3, -0.25) is 4.79 Å². The molecule has 0 aliphatic rings. The van der Waals surface area contributed by atoms with Gasteiger partial charge in [-0.05, 0) is 13.3 Å². The van der Waals surface area contributed by atoms with Crippen molar-refractivity contribution in [3.8, 4) is 0 Å². The van der Waals surface area contributed by atoms with Gasteiger partial charge in [0.15, 0.2) is 0 Å². The van der Waals surface area contributed by atoms with E-state index in [0.717, 1.165) is 6.42 Å². The van der Waals surface area contributed by atoms with Crippen molar-refractivity contribution >= 4 is 36.4 Å². The highest BCUT2D eigenvalue weighted by Crippen LogP contribution is 1.97. The highest BCUT2D eigenvalue weighted by molar-refractivity contribution is 5.85. The van der Waals surface area contributed by atoms with Gasteiger partial charge in [0.05, 0.1) is 0 Å². The van der Waals surface area contributed by atoms with Crippen molar-refractivity contribution in [2.75, 3.05) is 0 Å². The fourth-order valence-electron chi connectivity index (χ4n) is 0.719. The Morgan fingerprint density at radius 3 is 1.83 bits per heavy atom. The minimum absolute atomic E-state index is 0. The van der Waals surface area contributed by atoms with Gasteiger partial charge < -0.3 is 4.79 Å². The first-order valence-electron chi connectivity index (χ1n) is 3.68. The third-order valence-electron chi connectivity index (χ3n) is 1.28. The summed E-state index contributed by atoms with van der Waals surface area (Å²) >= 11 is 0. The van der Waals surface area contributed by atoms with Crippen LogP contribution >= 0.6 is 24.8 Å². The predicted molar refractivity (Wildman–Crippen MR) is 54.3 cm³/mol. The zero-order chi connectivity index (χ0) is 7.98. The Hall–Kier alpha value is -0.0800. The number of carbonyl (C=O) groups excluding carboxylic acids is 2. The summed E-state index contributed by atoms with van der Waals surface area (Å²) < 4.78 is 0. The maximum Gasteiger partial charge on any atom is 0.133 e. The number of halogens is 2. The standard InChI is InChI=1S/C8H14O2.2ClH/c1-3-4-8(10)6-5-7(2)9;;/h3-6H2,1-2H3;2*1H. The molecule has 12 heavy (non-hydrogen) atoms. The van der Waals surface area contributed by atoms with Crippen molar-refractivity contribution in [3.63, 3.8) is 0 Å². The molecule has 2 nitrogen and oxygen atoms in total. The molecule has 0 bridgehead atoms. The van der Waals surface area contributed by atoms with E-state index in [1.54, 1.807) is 0 Å². The van der Waals surface area contributed by atoms with E-state index in [2.05, 4.69) is 0 Å². The molecule has 0 N–H and O–H groups in total. The zero-order valence-electron chi connectivity index (χ0n) is 7.46. The molecule has 74 valence electrons. The topological polar surface area (TPSA) is 34.1 Å². The van der Waals surface area contributed by atoms with Crippen molar-refractivity contribution in [2.24, 2.45) is 0 Å². The van der Waals surface area contributed by atoms with Crippen molar-refractivity contribution in [3.05, 3.63) is 0 Å². The van der Waals surface area contributed by atoms with Crippen LogP contribution in [-0.4, -0.2) is 11.6 Å². The highest BCUT2D eigenvalue weighted by atomic mass is 35.5. The molecular formula is C8H16Cl2O2. The van der Waals surface area contributed by atoms with Crippen LogP contribution in [0.15, 0.2) is 0 Å². The molecule has 0 aliphatic carbocycles. The third kappa shape index (κ3) is 12.6. The lowest BCUT2D eigenvalue weighted by Crippen LogP contribution is -2.00. The van der Waals surface area contributed by atoms with Crippen LogP contribution in [0.2, 0.25) is 0 Å². The van der Waals surface area contributed by atoms with Gasteiger partial charge in [0.2, 0.25) is 0 Å². The number of hydrogen-bond acceptors (Lipinski definition) is 2. The normalized spacial score (nSPS) is 7.83. The van der Waals surface area contributed by atoms with Crippen molar-refractivity contribution in [2.45, 2.75) is 39.5 Å². The monoisotopic (exact) mass is 214 g/mol. The van der Waals surface area contributed by atoms with Gasteiger partial charge >= 0.3 is 0 Å². The van der Waals surface area contributed by atoms with Crippen LogP contribution in [-0.2, 0) is 9.59 Å². The molecule has 0 radical (unpaired) electrons. The number of ketones is 2. The first kappa shape index (κ1) is 17.9. The maximum absolute atomic E-state index is 10.8. The maximum atomic E-state index is 10.8. The SMILES string of the molecule is CCCC(=O)CCC(C)=O.Cl.Cl. The number of hydrogen-bond donors (Lipinski definition) is 0. The average molecular weight is 215 g/mol. The molecule has 0 heterocycles. The van der Waals surface area contributed by atoms with E-state index in [9.17, 15) is 9.59 Å². The van der Waals surface area contributed by atoms with E-state index < -0.39 is 0 Å². The number of rotatable bonds is 5. The van der Waals surface area contributed by atoms with Crippen molar-refractivity contribution in [1.29, 1.82) is 0 Å². The smallest absolute Gasteiger partial charge is 0.133 e. The summed E-state index contributed by atoms with van der Waals surface area (Å²) in [5, 5.41) is 0. The molecule has 0 spiro atoms. The van der Waals surface area contributed by atoms with E-state index in [1.807, 2.05) is 6.92 Å². The Labute approximate surface area is 85.9 Å². The summed E-state index contributed by atoms with van der Waals surface area (Å²) in [6.07, 6.45) is 2.35. The van der Waals surface area contributed by atoms with E-state index in [1.165, 1.54) is 6.92 Å². The fourth-order valence-corrected chi connectivity index (χ4v) is 0.719. The molecule has 0 atom stereocenters. The van der Waals surface area contributed by atoms with Crippen LogP contribution in [0.25, 0.3) is 0 Å². The van der Waals surface area contributed by atoms with Gasteiger partial charge in [-0.25, -0.2) is 0 Å². The van der Waals surface area contributed by atoms with Crippen LogP contribution in [0.4, 0.5) is 0 Å². The molecule has 0 aromatic carbocycles. The van der Waals surface area contributed by atoms with Gasteiger partial charge in [0.1, 0.15) is 11.6 Å². The molecule has 4 heteroatoms. The lowest BCUT2D eigenvalue weighted by Gasteiger charge is -1.93. The molecule has 0 aliphatic heterocycles. The summed E-state index contributed by atoms with van der Waals surface area (Å²) in [7, 11) is 0. The molecule has 0 saturated carbocycles. The Morgan fingerprint density at radius 1 is 1.00 bits per heavy atom. The van der Waals surface area contributed by atoms with Crippen LogP contribution < -0.4 is 0 Å². The van der Waals surface area contributed by atoms with E-state index in [0.29, 0.717) is 19.3 Å². The van der Waals surface area contributed by atoms with Crippen molar-refractivity contribution < 1.29 is 9.59 Å². The Bertz CT molecular complexity index is 135. The Balaban J connectivity index is -0.000000405. The second-order valence-corrected chi connectivity index (χ2v) is 2.49. The van der Waals surface area contributed by atoms with Gasteiger partial charge in [0, 0.05) is 19.3 Å². The van der Waals surface area contributed by atoms with Crippen LogP contribution in [0.3, 0.4) is 0 Å². The molecule has 0 amide bonds. The molecular weight excluding hydrogens is 199 g/mol. The average Bonchev–Trinajstić information content (AvgIpc) is 1.85. The summed E-state index contributed by atoms with van der Waals surface area (Å²) in [5.41, 5.74) is 0. The lowest BCUT2D eigenvalue weighted by atomic mass is 10.1. The lowest BCUT2D eigenvalue weighted by molar-refractivity contribution is -0.123. The van der Waals surface area contributed by atoms with Gasteiger partial charge in [-0.15, -0.1) is 24.8 Å². The first-order valence-corrected chi connectivity index (χ1v) is 3.68. The fraction of sp³-hybridized carbons (Fsp3) is 0.750. The zero-order valence-corrected chi connectivity index (χ0v) is 9.09. The molecule has 0 aromatic rings. The molecule has 0 aromatic heterocycles. The molecule has 0 unspecified atom stereocenters. The third-order valence-corrected chi connectivity index (χ3v) is 1.28. The highest BCUT2D eigenvalue weighted by Gasteiger charge is 2.01. The Kier molecular flexibility index (Phi) is 16.3. The van der Waals surface area contributed by atoms with E-state index in [-0.39, 0.29) is 36.4 Å². The van der Waals surface area contributed by atoms with Crippen molar-refractivity contribution in [1.82, 2.24) is 0 Å². The van der Waals surface area contributed by atoms with Gasteiger partial charge in [-0.1, -0.05) is 6.92 Å². The first-order chi connectivity index (χ1) is 4.66. The summed E-state index contributed by atoms with van der Waals surface area (Å²) in [4.78, 5) is 21.2. The second-order valence-electron chi connectivity index (χ2n) is 2.49. The largest absolute Gasteiger partial charge is 0.300 e. The van der Waals surface area contributed by atoms with E-state index in [4.69, 9.17) is 0 Å². The van der Waals surface area contributed by atoms with Crippen LogP contribution in [0.1, 0.15) is 39.5 Å². The van der Waals surface area contributed by atoms with Gasteiger partial charge in [-0.2, -0.15) is 0 Å². The number of carbonyl (C=O) groups is 2. The summed E-state index contributed by atoms with van der Waals surface area (Å²) in [5.74, 6) is 0.308. The minimum atomic E-state index is 0. The van der Waals surface area contributed by atoms with Crippen LogP contribution in [0.5, 0.6) is 0 Å². The summed E-state index contributed by atoms with van der Waals surface area (Å²) in [6, 6.07) is 0. The minimum Gasteiger partial charge on any atom is -0.300 e. The Morgan fingerprint density at radius 2 is 1.50 bits per heavy atom. The van der Waals surface area contributed by atoms with Crippen LogP contribution in [0, 0.1) is 0 Å². The number of Topliss-reactive ketones (excluding diaryl/α,β-unsaturated/α-hetero) is 2. The molecule has 0 rings (SSSR count). The molecule has 0 fully saturated rings. The summed E-state index contributed by atoms with van der Waals surface area (Å²) in [6.45, 7) is 3.48. The predicted octanol–water partition coefficient (Wildman–Crippen LogP) is 2.57. The van der Waals surface area contributed by atoms with Gasteiger partial charge in [0.25, 0.3) is 0 Å². The quantitative estimate of drug-likeness (QED) is 0.706. The molecule has 0 saturated heterocycles. The second kappa shape index (κ2) is 10.9.